The van der Waals surface area contributed by atoms with E-state index < -0.39 is 6.04 Å². The lowest BCUT2D eigenvalue weighted by atomic mass is 9.83. The van der Waals surface area contributed by atoms with Crippen LogP contribution in [0, 0.1) is 5.92 Å². The molecular formula is C25H43N5O2. The van der Waals surface area contributed by atoms with E-state index in [0.717, 1.165) is 71.2 Å². The third-order valence-corrected chi connectivity index (χ3v) is 7.43. The summed E-state index contributed by atoms with van der Waals surface area (Å²) in [5.41, 5.74) is 0. The molecule has 7 heteroatoms. The monoisotopic (exact) mass is 445 g/mol. The molecule has 0 unspecified atom stereocenters. The molecule has 1 saturated heterocycles. The molecule has 1 aromatic rings. The van der Waals surface area contributed by atoms with Gasteiger partial charge in [0.25, 0.3) is 0 Å². The summed E-state index contributed by atoms with van der Waals surface area (Å²) in [4.78, 5) is 31.0. The summed E-state index contributed by atoms with van der Waals surface area (Å²) in [7, 11) is 1.78. The van der Waals surface area contributed by atoms with Crippen molar-refractivity contribution in [3.05, 3.63) is 24.5 Å². The Hall–Kier alpha value is -1.86. The molecule has 2 heterocycles. The molecule has 0 aromatic carbocycles. The van der Waals surface area contributed by atoms with Crippen molar-refractivity contribution in [1.29, 1.82) is 0 Å². The third-order valence-electron chi connectivity index (χ3n) is 7.43. The molecule has 3 atom stereocenters. The minimum absolute atomic E-state index is 0.0749. The van der Waals surface area contributed by atoms with Crippen molar-refractivity contribution in [2.24, 2.45) is 5.92 Å². The molecule has 0 radical (unpaired) electrons. The molecule has 32 heavy (non-hydrogen) atoms. The van der Waals surface area contributed by atoms with Crippen LogP contribution in [0.2, 0.25) is 0 Å². The Labute approximate surface area is 193 Å². The largest absolute Gasteiger partial charge is 0.353 e. The first-order valence-electron chi connectivity index (χ1n) is 12.6. The lowest BCUT2D eigenvalue weighted by Crippen LogP contribution is -2.57. The maximum Gasteiger partial charge on any atom is 0.245 e. The van der Waals surface area contributed by atoms with Crippen molar-refractivity contribution in [3.63, 3.8) is 0 Å². The Morgan fingerprint density at radius 3 is 2.47 bits per heavy atom. The van der Waals surface area contributed by atoms with Crippen molar-refractivity contribution in [2.75, 3.05) is 33.2 Å². The van der Waals surface area contributed by atoms with Gasteiger partial charge in [-0.3, -0.25) is 14.5 Å². The summed E-state index contributed by atoms with van der Waals surface area (Å²) in [6.07, 6.45) is 11.9. The minimum Gasteiger partial charge on any atom is -0.353 e. The van der Waals surface area contributed by atoms with Crippen molar-refractivity contribution in [3.8, 4) is 0 Å². The first kappa shape index (κ1) is 24.8. The van der Waals surface area contributed by atoms with Crippen LogP contribution in [0.3, 0.4) is 0 Å². The molecule has 2 N–H and O–H groups in total. The number of nitrogens with one attached hydrogen (secondary N) is 2. The molecule has 2 fully saturated rings. The molecule has 1 aliphatic heterocycles. The van der Waals surface area contributed by atoms with Gasteiger partial charge in [-0.1, -0.05) is 26.2 Å². The first-order chi connectivity index (χ1) is 15.5. The summed E-state index contributed by atoms with van der Waals surface area (Å²) in [5, 5.41) is 6.14. The smallest absolute Gasteiger partial charge is 0.245 e. The summed E-state index contributed by atoms with van der Waals surface area (Å²) in [6.45, 7) is 8.67. The molecule has 0 bridgehead atoms. The van der Waals surface area contributed by atoms with Crippen LogP contribution >= 0.6 is 0 Å². The number of carbonyl (C=O) groups excluding carboxylic acids is 2. The molecular weight excluding hydrogens is 402 g/mol. The third kappa shape index (κ3) is 6.58. The minimum atomic E-state index is -0.394. The Morgan fingerprint density at radius 1 is 1.09 bits per heavy atom. The fourth-order valence-electron chi connectivity index (χ4n) is 5.21. The van der Waals surface area contributed by atoms with E-state index in [1.54, 1.807) is 7.05 Å². The average molecular weight is 446 g/mol. The van der Waals surface area contributed by atoms with E-state index in [2.05, 4.69) is 56.5 Å². The second kappa shape index (κ2) is 12.4. The Morgan fingerprint density at radius 2 is 1.81 bits per heavy atom. The topological polar surface area (TPSA) is 69.6 Å². The number of carbonyl (C=O) groups is 2. The molecule has 2 aliphatic rings. The highest BCUT2D eigenvalue weighted by Gasteiger charge is 2.38. The zero-order chi connectivity index (χ0) is 22.9. The molecule has 2 amide bonds. The Kier molecular flexibility index (Phi) is 9.60. The van der Waals surface area contributed by atoms with Crippen LogP contribution in [-0.2, 0) is 16.1 Å². The standard InChI is InChI=1S/C25H43N5O2/c1-4-28(17-18-29-14-8-9-15-29)19-22-13-10-16-30(22)25(32)23(21-11-6-5-7-12-21)27-24(31)20(2)26-3/h8-9,14-15,20-23,26H,4-7,10-13,16-19H2,1-3H3,(H,27,31)/t20-,22-,23-/m0/s1. The van der Waals surface area contributed by atoms with E-state index in [1.165, 1.54) is 6.42 Å². The lowest BCUT2D eigenvalue weighted by Gasteiger charge is -2.36. The average Bonchev–Trinajstić information content (AvgIpc) is 3.51. The number of rotatable bonds is 11. The SMILES string of the molecule is CCN(CCn1cccc1)C[C@@H]1CCCN1C(=O)[C@@H](NC(=O)[C@H](C)NC)C1CCCCC1. The van der Waals surface area contributed by atoms with Gasteiger partial charge in [-0.25, -0.2) is 0 Å². The van der Waals surface area contributed by atoms with Gasteiger partial charge in [0, 0.05) is 44.6 Å². The van der Waals surface area contributed by atoms with Gasteiger partial charge in [0.15, 0.2) is 0 Å². The molecule has 1 aromatic heterocycles. The fourth-order valence-corrected chi connectivity index (χ4v) is 5.21. The summed E-state index contributed by atoms with van der Waals surface area (Å²) in [5.74, 6) is 0.313. The highest BCUT2D eigenvalue weighted by molar-refractivity contribution is 5.90. The highest BCUT2D eigenvalue weighted by Crippen LogP contribution is 2.29. The van der Waals surface area contributed by atoms with Crippen LogP contribution in [0.15, 0.2) is 24.5 Å². The van der Waals surface area contributed by atoms with Crippen LogP contribution in [-0.4, -0.2) is 77.5 Å². The zero-order valence-electron chi connectivity index (χ0n) is 20.3. The molecule has 3 rings (SSSR count). The van der Waals surface area contributed by atoms with Crippen LogP contribution in [0.1, 0.15) is 58.8 Å². The first-order valence-corrected chi connectivity index (χ1v) is 12.6. The van der Waals surface area contributed by atoms with E-state index in [4.69, 9.17) is 0 Å². The maximum absolute atomic E-state index is 13.8. The zero-order valence-corrected chi connectivity index (χ0v) is 20.3. The predicted molar refractivity (Wildman–Crippen MR) is 128 cm³/mol. The van der Waals surface area contributed by atoms with E-state index in [9.17, 15) is 9.59 Å². The molecule has 1 saturated carbocycles. The van der Waals surface area contributed by atoms with Crippen molar-refractivity contribution in [1.82, 2.24) is 25.0 Å². The van der Waals surface area contributed by atoms with Crippen LogP contribution in [0.25, 0.3) is 0 Å². The van der Waals surface area contributed by atoms with Crippen LogP contribution < -0.4 is 10.6 Å². The van der Waals surface area contributed by atoms with E-state index in [1.807, 2.05) is 6.92 Å². The lowest BCUT2D eigenvalue weighted by molar-refractivity contribution is -0.139. The molecule has 7 nitrogen and oxygen atoms in total. The van der Waals surface area contributed by atoms with Crippen LogP contribution in [0.5, 0.6) is 0 Å². The maximum atomic E-state index is 13.8. The summed E-state index contributed by atoms with van der Waals surface area (Å²) >= 11 is 0. The van der Waals surface area contributed by atoms with Gasteiger partial charge in [-0.05, 0) is 64.3 Å². The van der Waals surface area contributed by atoms with Gasteiger partial charge in [0.05, 0.1) is 6.04 Å². The number of nitrogens with zero attached hydrogens (tertiary/aromatic N) is 3. The number of likely N-dealkylation sites (N-methyl/N-ethyl adjacent to an activating group) is 2. The number of amides is 2. The highest BCUT2D eigenvalue weighted by atomic mass is 16.2. The van der Waals surface area contributed by atoms with Gasteiger partial charge in [0.2, 0.25) is 11.8 Å². The fraction of sp³-hybridized carbons (Fsp3) is 0.760. The Bertz CT molecular complexity index is 701. The van der Waals surface area contributed by atoms with Gasteiger partial charge in [-0.15, -0.1) is 0 Å². The van der Waals surface area contributed by atoms with E-state index >= 15 is 0 Å². The van der Waals surface area contributed by atoms with Gasteiger partial charge < -0.3 is 20.1 Å². The van der Waals surface area contributed by atoms with Crippen molar-refractivity contribution >= 4 is 11.8 Å². The number of likely N-dealkylation sites (tertiary alicyclic amines) is 1. The number of aromatic nitrogens is 1. The van der Waals surface area contributed by atoms with Crippen molar-refractivity contribution < 1.29 is 9.59 Å². The van der Waals surface area contributed by atoms with Crippen LogP contribution in [0.4, 0.5) is 0 Å². The second-order valence-electron chi connectivity index (χ2n) is 9.54. The van der Waals surface area contributed by atoms with E-state index in [-0.39, 0.29) is 29.8 Å². The van der Waals surface area contributed by atoms with Gasteiger partial charge in [0.1, 0.15) is 6.04 Å². The molecule has 0 spiro atoms. The Balaban J connectivity index is 1.65. The number of hydrogen-bond donors (Lipinski definition) is 2. The second-order valence-corrected chi connectivity index (χ2v) is 9.54. The van der Waals surface area contributed by atoms with Gasteiger partial charge in [-0.2, -0.15) is 0 Å². The van der Waals surface area contributed by atoms with Crippen molar-refractivity contribution in [2.45, 2.75) is 83.5 Å². The van der Waals surface area contributed by atoms with Gasteiger partial charge >= 0.3 is 0 Å². The summed E-state index contributed by atoms with van der Waals surface area (Å²) in [6, 6.07) is 3.66. The number of hydrogen-bond acceptors (Lipinski definition) is 4. The quantitative estimate of drug-likeness (QED) is 0.549. The van der Waals surface area contributed by atoms with E-state index in [0.29, 0.717) is 0 Å². The normalized spacial score (nSPS) is 21.6. The molecule has 1 aliphatic carbocycles. The predicted octanol–water partition coefficient (Wildman–Crippen LogP) is 2.47. The summed E-state index contributed by atoms with van der Waals surface area (Å²) < 4.78 is 2.21. The molecule has 180 valence electrons.